The Labute approximate surface area is 173 Å². The number of halogens is 4. The van der Waals surface area contributed by atoms with Crippen molar-refractivity contribution < 1.29 is 26.3 Å². The molecular formula is C16H23F3IN3O3S. The van der Waals surface area contributed by atoms with E-state index in [1.54, 1.807) is 0 Å². The van der Waals surface area contributed by atoms with Gasteiger partial charge < -0.3 is 15.4 Å². The van der Waals surface area contributed by atoms with Gasteiger partial charge in [0, 0.05) is 13.1 Å². The van der Waals surface area contributed by atoms with E-state index in [0.717, 1.165) is 31.6 Å². The summed E-state index contributed by atoms with van der Waals surface area (Å²) >= 11 is 0. The van der Waals surface area contributed by atoms with Crippen molar-refractivity contribution in [1.29, 1.82) is 0 Å². The second-order valence-corrected chi connectivity index (χ2v) is 8.14. The molecule has 1 aliphatic rings. The monoisotopic (exact) mass is 521 g/mol. The normalized spacial score (nSPS) is 18.7. The molecule has 1 aromatic rings. The number of hydrogen-bond donors (Lipinski definition) is 1. The average Bonchev–Trinajstić information content (AvgIpc) is 2.58. The number of ether oxygens (including phenoxy) is 1. The fraction of sp³-hybridized carbons (Fsp3) is 0.562. The van der Waals surface area contributed by atoms with Crippen LogP contribution in [-0.4, -0.2) is 51.0 Å². The molecule has 0 saturated carbocycles. The molecular weight excluding hydrogens is 498 g/mol. The van der Waals surface area contributed by atoms with Gasteiger partial charge in [0.15, 0.2) is 5.96 Å². The van der Waals surface area contributed by atoms with Gasteiger partial charge in [0.05, 0.1) is 11.4 Å². The summed E-state index contributed by atoms with van der Waals surface area (Å²) in [5, 5.41) is 0. The highest BCUT2D eigenvalue weighted by Gasteiger charge is 2.46. The second kappa shape index (κ2) is 9.80. The molecule has 0 amide bonds. The van der Waals surface area contributed by atoms with E-state index in [0.29, 0.717) is 18.4 Å². The highest BCUT2D eigenvalue weighted by atomic mass is 127. The van der Waals surface area contributed by atoms with Gasteiger partial charge in [-0.2, -0.15) is 13.2 Å². The standard InChI is InChI=1S/C16H22F3N3O3S.HI/c1-12-3-2-9-22(11-12)15(20)21-8-10-25-13-4-6-14(7-5-13)26(23,24)16(17,18)19;/h4-7,12H,2-3,8-11H2,1H3,(H2,20,21);1H. The molecule has 0 spiro atoms. The maximum atomic E-state index is 12.5. The highest BCUT2D eigenvalue weighted by Crippen LogP contribution is 2.30. The zero-order valence-corrected chi connectivity index (χ0v) is 17.9. The predicted molar refractivity (Wildman–Crippen MR) is 107 cm³/mol. The minimum Gasteiger partial charge on any atom is -0.492 e. The van der Waals surface area contributed by atoms with Crippen LogP contribution in [0.4, 0.5) is 13.2 Å². The molecule has 1 fully saturated rings. The average molecular weight is 521 g/mol. The van der Waals surface area contributed by atoms with Crippen molar-refractivity contribution in [3.05, 3.63) is 24.3 Å². The van der Waals surface area contributed by atoms with Crippen LogP contribution in [-0.2, 0) is 9.84 Å². The van der Waals surface area contributed by atoms with E-state index < -0.39 is 20.2 Å². The third kappa shape index (κ3) is 6.40. The van der Waals surface area contributed by atoms with Crippen molar-refractivity contribution in [2.75, 3.05) is 26.2 Å². The lowest BCUT2D eigenvalue weighted by Gasteiger charge is -2.31. The second-order valence-electron chi connectivity index (χ2n) is 6.20. The Kier molecular flexibility index (Phi) is 8.64. The van der Waals surface area contributed by atoms with Gasteiger partial charge in [0.1, 0.15) is 12.4 Å². The number of likely N-dealkylation sites (tertiary alicyclic amines) is 1. The van der Waals surface area contributed by atoms with E-state index in [1.807, 2.05) is 4.90 Å². The summed E-state index contributed by atoms with van der Waals surface area (Å²) in [6.07, 6.45) is 2.24. The van der Waals surface area contributed by atoms with Crippen LogP contribution in [0.15, 0.2) is 34.2 Å². The van der Waals surface area contributed by atoms with E-state index in [9.17, 15) is 21.6 Å². The molecule has 1 aliphatic heterocycles. The zero-order chi connectivity index (χ0) is 19.4. The summed E-state index contributed by atoms with van der Waals surface area (Å²) in [5.41, 5.74) is 0.620. The first kappa shape index (κ1) is 23.8. The fourth-order valence-electron chi connectivity index (χ4n) is 2.67. The van der Waals surface area contributed by atoms with Gasteiger partial charge in [0.2, 0.25) is 0 Å². The summed E-state index contributed by atoms with van der Waals surface area (Å²) in [4.78, 5) is 5.44. The van der Waals surface area contributed by atoms with Gasteiger partial charge in [-0.05, 0) is 43.0 Å². The number of sulfone groups is 1. The fourth-order valence-corrected chi connectivity index (χ4v) is 3.43. The minimum absolute atomic E-state index is 0. The number of guanidine groups is 1. The SMILES string of the molecule is CC1CCCN(C(N)=NCCOc2ccc(S(=O)(=O)C(F)(F)F)cc2)C1.I. The number of alkyl halides is 3. The summed E-state index contributed by atoms with van der Waals surface area (Å²) in [5.74, 6) is 1.28. The Balaban J connectivity index is 0.00000364. The van der Waals surface area contributed by atoms with Gasteiger partial charge in [-0.15, -0.1) is 24.0 Å². The number of benzene rings is 1. The molecule has 1 aromatic carbocycles. The maximum absolute atomic E-state index is 12.5. The molecule has 1 unspecified atom stereocenters. The van der Waals surface area contributed by atoms with E-state index >= 15 is 0 Å². The van der Waals surface area contributed by atoms with Crippen LogP contribution in [0.5, 0.6) is 5.75 Å². The molecule has 1 heterocycles. The predicted octanol–water partition coefficient (Wildman–Crippen LogP) is 3.02. The largest absolute Gasteiger partial charge is 0.501 e. The Morgan fingerprint density at radius 1 is 1.33 bits per heavy atom. The van der Waals surface area contributed by atoms with E-state index in [-0.39, 0.29) is 36.3 Å². The van der Waals surface area contributed by atoms with Crippen LogP contribution < -0.4 is 10.5 Å². The lowest BCUT2D eigenvalue weighted by atomic mass is 10.0. The van der Waals surface area contributed by atoms with Crippen LogP contribution in [0, 0.1) is 5.92 Å². The number of nitrogens with zero attached hydrogens (tertiary/aromatic N) is 2. The number of piperidine rings is 1. The van der Waals surface area contributed by atoms with Crippen molar-refractivity contribution >= 4 is 39.8 Å². The van der Waals surface area contributed by atoms with Crippen LogP contribution >= 0.6 is 24.0 Å². The van der Waals surface area contributed by atoms with Gasteiger partial charge >= 0.3 is 5.51 Å². The van der Waals surface area contributed by atoms with Gasteiger partial charge in [-0.1, -0.05) is 6.92 Å². The molecule has 0 aliphatic carbocycles. The van der Waals surface area contributed by atoms with Crippen molar-refractivity contribution in [2.45, 2.75) is 30.2 Å². The molecule has 11 heteroatoms. The third-order valence-corrected chi connectivity index (χ3v) is 5.56. The summed E-state index contributed by atoms with van der Waals surface area (Å²) in [7, 11) is -5.35. The molecule has 6 nitrogen and oxygen atoms in total. The lowest BCUT2D eigenvalue weighted by Crippen LogP contribution is -2.43. The third-order valence-electron chi connectivity index (χ3n) is 4.05. The van der Waals surface area contributed by atoms with Crippen LogP contribution in [0.3, 0.4) is 0 Å². The molecule has 2 N–H and O–H groups in total. The van der Waals surface area contributed by atoms with Crippen LogP contribution in [0.1, 0.15) is 19.8 Å². The quantitative estimate of drug-likeness (QED) is 0.279. The van der Waals surface area contributed by atoms with Crippen molar-refractivity contribution in [3.63, 3.8) is 0 Å². The zero-order valence-electron chi connectivity index (χ0n) is 14.8. The van der Waals surface area contributed by atoms with Gasteiger partial charge in [0.25, 0.3) is 9.84 Å². The Hall–Kier alpha value is -1.24. The van der Waals surface area contributed by atoms with Crippen molar-refractivity contribution in [1.82, 2.24) is 4.90 Å². The number of nitrogens with two attached hydrogens (primary N) is 1. The lowest BCUT2D eigenvalue weighted by molar-refractivity contribution is -0.0436. The van der Waals surface area contributed by atoms with Crippen LogP contribution in [0.25, 0.3) is 0 Å². The topological polar surface area (TPSA) is 85.0 Å². The molecule has 27 heavy (non-hydrogen) atoms. The first-order valence-electron chi connectivity index (χ1n) is 8.20. The van der Waals surface area contributed by atoms with E-state index in [1.165, 1.54) is 18.6 Å². The van der Waals surface area contributed by atoms with E-state index in [2.05, 4.69) is 11.9 Å². The number of hydrogen-bond acceptors (Lipinski definition) is 4. The minimum atomic E-state index is -5.35. The molecule has 0 bridgehead atoms. The molecule has 1 saturated heterocycles. The smallest absolute Gasteiger partial charge is 0.492 e. The molecule has 0 aromatic heterocycles. The molecule has 0 radical (unpaired) electrons. The highest BCUT2D eigenvalue weighted by molar-refractivity contribution is 14.0. The summed E-state index contributed by atoms with van der Waals surface area (Å²) in [6, 6.07) is 4.09. The van der Waals surface area contributed by atoms with E-state index in [4.69, 9.17) is 10.5 Å². The first-order valence-corrected chi connectivity index (χ1v) is 9.68. The summed E-state index contributed by atoms with van der Waals surface area (Å²) in [6.45, 7) is 4.36. The Morgan fingerprint density at radius 3 is 2.52 bits per heavy atom. The molecule has 1 atom stereocenters. The summed E-state index contributed by atoms with van der Waals surface area (Å²) < 4.78 is 65.3. The maximum Gasteiger partial charge on any atom is 0.501 e. The Morgan fingerprint density at radius 2 is 1.96 bits per heavy atom. The van der Waals surface area contributed by atoms with Crippen molar-refractivity contribution in [3.8, 4) is 5.75 Å². The van der Waals surface area contributed by atoms with Gasteiger partial charge in [-0.3, -0.25) is 0 Å². The number of aliphatic imine (C=N–C) groups is 1. The molecule has 2 rings (SSSR count). The Bertz CT molecular complexity index is 740. The molecule has 154 valence electrons. The first-order chi connectivity index (χ1) is 12.1. The van der Waals surface area contributed by atoms with Crippen LogP contribution in [0.2, 0.25) is 0 Å². The van der Waals surface area contributed by atoms with Gasteiger partial charge in [-0.25, -0.2) is 13.4 Å². The van der Waals surface area contributed by atoms with Crippen molar-refractivity contribution in [2.24, 2.45) is 16.6 Å². The number of rotatable bonds is 5.